The molecule has 1 unspecified atom stereocenters. The van der Waals surface area contributed by atoms with Gasteiger partial charge in [-0.15, -0.1) is 0 Å². The van der Waals surface area contributed by atoms with Crippen molar-refractivity contribution in [2.45, 2.75) is 19.1 Å². The van der Waals surface area contributed by atoms with Crippen LogP contribution in [0.2, 0.25) is 0 Å². The van der Waals surface area contributed by atoms with Gasteiger partial charge in [-0.1, -0.05) is 6.07 Å². The van der Waals surface area contributed by atoms with E-state index in [2.05, 4.69) is 15.5 Å². The Morgan fingerprint density at radius 3 is 2.67 bits per heavy atom. The minimum Gasteiger partial charge on any atom is -0.345 e. The van der Waals surface area contributed by atoms with Gasteiger partial charge in [0.1, 0.15) is 5.82 Å². The van der Waals surface area contributed by atoms with Crippen LogP contribution in [-0.2, 0) is 6.18 Å². The molecule has 0 aliphatic carbocycles. The quantitative estimate of drug-likeness (QED) is 0.856. The molecule has 0 radical (unpaired) electrons. The molecule has 1 aromatic carbocycles. The number of rotatable bonds is 3. The number of halogens is 4. The highest BCUT2D eigenvalue weighted by Crippen LogP contribution is 2.32. The van der Waals surface area contributed by atoms with Crippen LogP contribution < -0.4 is 5.32 Å². The number of amides is 1. The lowest BCUT2D eigenvalue weighted by molar-refractivity contribution is -0.140. The van der Waals surface area contributed by atoms with E-state index in [1.54, 1.807) is 6.92 Å². The van der Waals surface area contributed by atoms with Gasteiger partial charge in [-0.3, -0.25) is 9.89 Å². The van der Waals surface area contributed by atoms with Crippen molar-refractivity contribution in [3.05, 3.63) is 53.1 Å². The van der Waals surface area contributed by atoms with Crippen molar-refractivity contribution in [1.82, 2.24) is 15.5 Å². The van der Waals surface area contributed by atoms with Crippen LogP contribution in [0.4, 0.5) is 17.6 Å². The minimum atomic E-state index is -4.85. The molecule has 112 valence electrons. The van der Waals surface area contributed by atoms with Crippen LogP contribution in [0.3, 0.4) is 0 Å². The van der Waals surface area contributed by atoms with Gasteiger partial charge in [0.25, 0.3) is 5.91 Å². The molecule has 0 saturated carbocycles. The van der Waals surface area contributed by atoms with E-state index in [1.165, 1.54) is 12.4 Å². The molecule has 0 aliphatic rings. The third-order valence-electron chi connectivity index (χ3n) is 2.92. The first-order valence-electron chi connectivity index (χ1n) is 5.96. The number of nitrogens with one attached hydrogen (secondary N) is 2. The summed E-state index contributed by atoms with van der Waals surface area (Å²) in [5, 5.41) is 8.64. The van der Waals surface area contributed by atoms with Crippen molar-refractivity contribution >= 4 is 5.91 Å². The first kappa shape index (κ1) is 15.0. The van der Waals surface area contributed by atoms with Crippen molar-refractivity contribution in [1.29, 1.82) is 0 Å². The van der Waals surface area contributed by atoms with Gasteiger partial charge in [0, 0.05) is 11.8 Å². The van der Waals surface area contributed by atoms with E-state index in [4.69, 9.17) is 0 Å². The van der Waals surface area contributed by atoms with Gasteiger partial charge in [-0.05, 0) is 19.1 Å². The smallest absolute Gasteiger partial charge is 0.345 e. The van der Waals surface area contributed by atoms with E-state index in [9.17, 15) is 22.4 Å². The summed E-state index contributed by atoms with van der Waals surface area (Å²) >= 11 is 0. The van der Waals surface area contributed by atoms with Gasteiger partial charge in [0.2, 0.25) is 0 Å². The maximum absolute atomic E-state index is 13.8. The largest absolute Gasteiger partial charge is 0.419 e. The standard InChI is InChI=1S/C13H11F4N3O/c1-7(8-5-18-19-6-8)20-12(21)9-3-2-4-10(11(9)14)13(15,16)17/h2-7H,1H3,(H,18,19)(H,20,21). The molecule has 1 amide bonds. The number of hydrogen-bond donors (Lipinski definition) is 2. The number of hydrogen-bond acceptors (Lipinski definition) is 2. The van der Waals surface area contributed by atoms with Crippen LogP contribution >= 0.6 is 0 Å². The number of nitrogens with zero attached hydrogens (tertiary/aromatic N) is 1. The highest BCUT2D eigenvalue weighted by Gasteiger charge is 2.35. The van der Waals surface area contributed by atoms with E-state index in [0.29, 0.717) is 11.6 Å². The number of aromatic nitrogens is 2. The Kier molecular flexibility index (Phi) is 3.97. The molecule has 0 spiro atoms. The molecule has 4 nitrogen and oxygen atoms in total. The lowest BCUT2D eigenvalue weighted by Gasteiger charge is -2.14. The maximum Gasteiger partial charge on any atom is 0.419 e. The molecule has 1 aromatic heterocycles. The summed E-state index contributed by atoms with van der Waals surface area (Å²) in [4.78, 5) is 11.9. The molecule has 1 heterocycles. The summed E-state index contributed by atoms with van der Waals surface area (Å²) in [5.74, 6) is -2.51. The zero-order chi connectivity index (χ0) is 15.6. The van der Waals surface area contributed by atoms with Gasteiger partial charge in [-0.25, -0.2) is 4.39 Å². The van der Waals surface area contributed by atoms with Crippen LogP contribution in [0, 0.1) is 5.82 Å². The SMILES string of the molecule is CC(NC(=O)c1cccc(C(F)(F)F)c1F)c1cn[nH]c1. The number of H-pyrrole nitrogens is 1. The molecule has 2 N–H and O–H groups in total. The lowest BCUT2D eigenvalue weighted by Crippen LogP contribution is -2.28. The fraction of sp³-hybridized carbons (Fsp3) is 0.231. The first-order chi connectivity index (χ1) is 9.80. The van der Waals surface area contributed by atoms with E-state index < -0.39 is 35.1 Å². The number of carbonyl (C=O) groups excluding carboxylic acids is 1. The van der Waals surface area contributed by atoms with Crippen molar-refractivity contribution in [2.24, 2.45) is 0 Å². The molecule has 0 aliphatic heterocycles. The van der Waals surface area contributed by atoms with Crippen LogP contribution in [0.1, 0.15) is 34.5 Å². The van der Waals surface area contributed by atoms with E-state index in [1.807, 2.05) is 0 Å². The van der Waals surface area contributed by atoms with E-state index >= 15 is 0 Å². The number of aromatic amines is 1. The second-order valence-corrected chi connectivity index (χ2v) is 4.39. The highest BCUT2D eigenvalue weighted by molar-refractivity contribution is 5.95. The number of carbonyl (C=O) groups is 1. The lowest BCUT2D eigenvalue weighted by atomic mass is 10.1. The average Bonchev–Trinajstić information content (AvgIpc) is 2.91. The predicted octanol–water partition coefficient (Wildman–Crippen LogP) is 3.06. The van der Waals surface area contributed by atoms with Crippen LogP contribution in [-0.4, -0.2) is 16.1 Å². The van der Waals surface area contributed by atoms with Crippen LogP contribution in [0.15, 0.2) is 30.6 Å². The van der Waals surface area contributed by atoms with Gasteiger partial charge in [-0.2, -0.15) is 18.3 Å². The molecule has 2 aromatic rings. The second kappa shape index (κ2) is 5.55. The summed E-state index contributed by atoms with van der Waals surface area (Å²) in [5.41, 5.74) is -1.50. The fourth-order valence-corrected chi connectivity index (χ4v) is 1.78. The van der Waals surface area contributed by atoms with Crippen LogP contribution in [0.25, 0.3) is 0 Å². The molecule has 8 heteroatoms. The van der Waals surface area contributed by atoms with Gasteiger partial charge in [0.05, 0.1) is 23.4 Å². The minimum absolute atomic E-state index is 0.523. The van der Waals surface area contributed by atoms with Crippen LogP contribution in [0.5, 0.6) is 0 Å². The monoisotopic (exact) mass is 301 g/mol. The third kappa shape index (κ3) is 3.21. The molecular formula is C13H11F4N3O. The third-order valence-corrected chi connectivity index (χ3v) is 2.92. The number of alkyl halides is 3. The van der Waals surface area contributed by atoms with E-state index in [-0.39, 0.29) is 0 Å². The maximum atomic E-state index is 13.8. The topological polar surface area (TPSA) is 57.8 Å². The molecule has 0 saturated heterocycles. The summed E-state index contributed by atoms with van der Waals surface area (Å²) in [6.45, 7) is 1.61. The Bertz CT molecular complexity index is 637. The molecular weight excluding hydrogens is 290 g/mol. The van der Waals surface area contributed by atoms with Crippen molar-refractivity contribution in [3.8, 4) is 0 Å². The van der Waals surface area contributed by atoms with Gasteiger partial charge in [0.15, 0.2) is 0 Å². The summed E-state index contributed by atoms with van der Waals surface area (Å²) < 4.78 is 51.6. The summed E-state index contributed by atoms with van der Waals surface area (Å²) in [6.07, 6.45) is -1.88. The zero-order valence-corrected chi connectivity index (χ0v) is 10.8. The second-order valence-electron chi connectivity index (χ2n) is 4.39. The Balaban J connectivity index is 2.24. The fourth-order valence-electron chi connectivity index (χ4n) is 1.78. The summed E-state index contributed by atoms with van der Waals surface area (Å²) in [6, 6.07) is 2.06. The Hall–Kier alpha value is -2.38. The molecule has 0 bridgehead atoms. The Labute approximate surface area is 117 Å². The Morgan fingerprint density at radius 1 is 1.38 bits per heavy atom. The van der Waals surface area contributed by atoms with Crippen molar-refractivity contribution < 1.29 is 22.4 Å². The molecule has 0 fully saturated rings. The highest BCUT2D eigenvalue weighted by atomic mass is 19.4. The predicted molar refractivity (Wildman–Crippen MR) is 65.9 cm³/mol. The average molecular weight is 301 g/mol. The summed E-state index contributed by atoms with van der Waals surface area (Å²) in [7, 11) is 0. The number of benzene rings is 1. The van der Waals surface area contributed by atoms with Gasteiger partial charge >= 0.3 is 6.18 Å². The normalized spacial score (nSPS) is 13.0. The first-order valence-corrected chi connectivity index (χ1v) is 5.96. The Morgan fingerprint density at radius 2 is 2.10 bits per heavy atom. The van der Waals surface area contributed by atoms with Gasteiger partial charge < -0.3 is 5.32 Å². The van der Waals surface area contributed by atoms with E-state index in [0.717, 1.165) is 12.1 Å². The van der Waals surface area contributed by atoms with Crippen molar-refractivity contribution in [2.75, 3.05) is 0 Å². The zero-order valence-electron chi connectivity index (χ0n) is 10.8. The molecule has 21 heavy (non-hydrogen) atoms. The van der Waals surface area contributed by atoms with Crippen molar-refractivity contribution in [3.63, 3.8) is 0 Å². The molecule has 1 atom stereocenters. The molecule has 2 rings (SSSR count).